The lowest BCUT2D eigenvalue weighted by atomic mass is 10.0. The van der Waals surface area contributed by atoms with E-state index in [2.05, 4.69) is 68.5 Å². The zero-order valence-corrected chi connectivity index (χ0v) is 20.9. The van der Waals surface area contributed by atoms with Crippen molar-refractivity contribution < 1.29 is 14.0 Å². The Hall–Kier alpha value is -3.06. The molecule has 186 valence electrons. The van der Waals surface area contributed by atoms with Gasteiger partial charge in [0.2, 0.25) is 5.89 Å². The number of benzene rings is 2. The predicted octanol–water partition coefficient (Wildman–Crippen LogP) is 4.68. The van der Waals surface area contributed by atoms with Crippen LogP contribution in [0.25, 0.3) is 0 Å². The molecule has 0 radical (unpaired) electrons. The van der Waals surface area contributed by atoms with Crippen LogP contribution in [-0.4, -0.2) is 60.5 Å². The van der Waals surface area contributed by atoms with E-state index in [9.17, 15) is 0 Å². The van der Waals surface area contributed by atoms with Gasteiger partial charge in [-0.05, 0) is 56.7 Å². The highest BCUT2D eigenvalue weighted by Crippen LogP contribution is 2.35. The molecule has 1 aliphatic heterocycles. The fourth-order valence-corrected chi connectivity index (χ4v) is 5.32. The molecule has 2 fully saturated rings. The van der Waals surface area contributed by atoms with Crippen LogP contribution in [0.3, 0.4) is 0 Å². The lowest BCUT2D eigenvalue weighted by Gasteiger charge is -2.42. The molecule has 1 aromatic heterocycles. The van der Waals surface area contributed by atoms with E-state index in [1.54, 1.807) is 7.11 Å². The van der Waals surface area contributed by atoms with Gasteiger partial charge in [-0.25, -0.2) is 0 Å². The third-order valence-corrected chi connectivity index (χ3v) is 7.21. The molecular formula is C28H36N4O3. The van der Waals surface area contributed by atoms with Crippen molar-refractivity contribution in [2.24, 2.45) is 0 Å². The van der Waals surface area contributed by atoms with E-state index in [0.29, 0.717) is 23.9 Å². The summed E-state index contributed by atoms with van der Waals surface area (Å²) >= 11 is 0. The van der Waals surface area contributed by atoms with Crippen molar-refractivity contribution in [3.05, 3.63) is 65.8 Å². The lowest BCUT2D eigenvalue weighted by molar-refractivity contribution is 0.172. The summed E-state index contributed by atoms with van der Waals surface area (Å²) in [5.41, 5.74) is 2.56. The summed E-state index contributed by atoms with van der Waals surface area (Å²) in [6.07, 6.45) is 6.83. The third-order valence-electron chi connectivity index (χ3n) is 7.21. The first-order valence-electron chi connectivity index (χ1n) is 12.8. The predicted molar refractivity (Wildman–Crippen MR) is 136 cm³/mol. The molecule has 2 aromatic carbocycles. The summed E-state index contributed by atoms with van der Waals surface area (Å²) in [7, 11) is 1.72. The van der Waals surface area contributed by atoms with Crippen molar-refractivity contribution in [1.82, 2.24) is 15.0 Å². The fourth-order valence-electron chi connectivity index (χ4n) is 5.32. The average Bonchev–Trinajstić information content (AvgIpc) is 3.55. The van der Waals surface area contributed by atoms with Crippen LogP contribution in [-0.2, 0) is 12.8 Å². The summed E-state index contributed by atoms with van der Waals surface area (Å²) in [5.74, 6) is 3.09. The smallest absolute Gasteiger partial charge is 0.227 e. The van der Waals surface area contributed by atoms with Gasteiger partial charge >= 0.3 is 0 Å². The number of rotatable bonds is 9. The maximum absolute atomic E-state index is 6.38. The zero-order chi connectivity index (χ0) is 24.0. The quantitative estimate of drug-likeness (QED) is 0.444. The second-order valence-electron chi connectivity index (χ2n) is 9.67. The standard InChI is InChI=1S/C28H36N4O3/c1-21-29-28(35-30-21)14-15-31-16-17-32(20-24(31)18-22-8-4-3-5-9-22)23-12-13-26(33-2)27(19-23)34-25-10-6-7-11-25/h3-5,8-9,12-13,19,24-25H,6-7,10-11,14-18,20H2,1-2H3. The van der Waals surface area contributed by atoms with Crippen LogP contribution in [0.15, 0.2) is 53.1 Å². The van der Waals surface area contributed by atoms with Gasteiger partial charge in [0.25, 0.3) is 0 Å². The van der Waals surface area contributed by atoms with Crippen LogP contribution in [0.5, 0.6) is 11.5 Å². The zero-order valence-electron chi connectivity index (χ0n) is 20.9. The lowest BCUT2D eigenvalue weighted by Crippen LogP contribution is -2.54. The molecule has 0 amide bonds. The average molecular weight is 477 g/mol. The van der Waals surface area contributed by atoms with E-state index in [1.165, 1.54) is 24.1 Å². The number of methoxy groups -OCH3 is 1. The number of ether oxygens (including phenoxy) is 2. The second kappa shape index (κ2) is 11.1. The SMILES string of the molecule is COc1ccc(N2CCN(CCc3nc(C)no3)C(Cc3ccccc3)C2)cc1OC1CCCC1. The Morgan fingerprint density at radius 1 is 1.03 bits per heavy atom. The first-order chi connectivity index (χ1) is 17.2. The number of hydrogen-bond donors (Lipinski definition) is 0. The number of aromatic nitrogens is 2. The molecule has 2 heterocycles. The molecule has 1 aliphatic carbocycles. The molecule has 35 heavy (non-hydrogen) atoms. The van der Waals surface area contributed by atoms with Gasteiger partial charge in [-0.1, -0.05) is 35.5 Å². The number of anilines is 1. The van der Waals surface area contributed by atoms with Crippen molar-refractivity contribution in [3.8, 4) is 11.5 Å². The van der Waals surface area contributed by atoms with Gasteiger partial charge in [-0.2, -0.15) is 4.98 Å². The molecule has 1 saturated heterocycles. The molecule has 5 rings (SSSR count). The Morgan fingerprint density at radius 3 is 2.60 bits per heavy atom. The molecule has 0 bridgehead atoms. The van der Waals surface area contributed by atoms with E-state index >= 15 is 0 Å². The molecule has 1 atom stereocenters. The highest BCUT2D eigenvalue weighted by Gasteiger charge is 2.28. The number of hydrogen-bond acceptors (Lipinski definition) is 7. The van der Waals surface area contributed by atoms with Crippen molar-refractivity contribution in [3.63, 3.8) is 0 Å². The van der Waals surface area contributed by atoms with Gasteiger partial charge in [-0.3, -0.25) is 4.90 Å². The van der Waals surface area contributed by atoms with Crippen molar-refractivity contribution >= 4 is 5.69 Å². The summed E-state index contributed by atoms with van der Waals surface area (Å²) in [4.78, 5) is 9.45. The van der Waals surface area contributed by atoms with E-state index in [4.69, 9.17) is 14.0 Å². The molecule has 7 heteroatoms. The van der Waals surface area contributed by atoms with Crippen LogP contribution >= 0.6 is 0 Å². The Labute approximate surface area is 208 Å². The molecule has 1 saturated carbocycles. The van der Waals surface area contributed by atoms with Crippen LogP contribution in [0.1, 0.15) is 43.0 Å². The van der Waals surface area contributed by atoms with Crippen LogP contribution in [0.4, 0.5) is 5.69 Å². The monoisotopic (exact) mass is 476 g/mol. The normalized spacial score (nSPS) is 19.3. The van der Waals surface area contributed by atoms with Gasteiger partial charge in [-0.15, -0.1) is 0 Å². The highest BCUT2D eigenvalue weighted by atomic mass is 16.5. The van der Waals surface area contributed by atoms with Gasteiger partial charge in [0.1, 0.15) is 0 Å². The van der Waals surface area contributed by atoms with E-state index < -0.39 is 0 Å². The topological polar surface area (TPSA) is 63.9 Å². The van der Waals surface area contributed by atoms with Crippen molar-refractivity contribution in [2.75, 3.05) is 38.2 Å². The molecule has 1 unspecified atom stereocenters. The first-order valence-corrected chi connectivity index (χ1v) is 12.8. The number of nitrogens with zero attached hydrogens (tertiary/aromatic N) is 4. The van der Waals surface area contributed by atoms with Crippen LogP contribution in [0.2, 0.25) is 0 Å². The van der Waals surface area contributed by atoms with Gasteiger partial charge in [0, 0.05) is 50.4 Å². The fraction of sp³-hybridized carbons (Fsp3) is 0.500. The van der Waals surface area contributed by atoms with Crippen LogP contribution in [0, 0.1) is 6.92 Å². The second-order valence-corrected chi connectivity index (χ2v) is 9.67. The Kier molecular flexibility index (Phi) is 7.52. The molecule has 7 nitrogen and oxygen atoms in total. The van der Waals surface area contributed by atoms with E-state index in [-0.39, 0.29) is 0 Å². The highest BCUT2D eigenvalue weighted by molar-refractivity contribution is 5.57. The summed E-state index contributed by atoms with van der Waals surface area (Å²) < 4.78 is 17.4. The molecule has 0 spiro atoms. The molecular weight excluding hydrogens is 440 g/mol. The largest absolute Gasteiger partial charge is 0.493 e. The van der Waals surface area contributed by atoms with Crippen LogP contribution < -0.4 is 14.4 Å². The maximum Gasteiger partial charge on any atom is 0.227 e. The van der Waals surface area contributed by atoms with Crippen molar-refractivity contribution in [2.45, 2.75) is 57.6 Å². The summed E-state index contributed by atoms with van der Waals surface area (Å²) in [5, 5.41) is 3.94. The minimum absolute atomic E-state index is 0.301. The summed E-state index contributed by atoms with van der Waals surface area (Å²) in [6, 6.07) is 17.5. The van der Waals surface area contributed by atoms with Gasteiger partial charge in [0.05, 0.1) is 13.2 Å². The minimum Gasteiger partial charge on any atom is -0.493 e. The maximum atomic E-state index is 6.38. The Balaban J connectivity index is 1.32. The van der Waals surface area contributed by atoms with Gasteiger partial charge in [0.15, 0.2) is 17.3 Å². The Morgan fingerprint density at radius 2 is 1.86 bits per heavy atom. The van der Waals surface area contributed by atoms with E-state index in [0.717, 1.165) is 63.4 Å². The number of piperazine rings is 1. The summed E-state index contributed by atoms with van der Waals surface area (Å²) in [6.45, 7) is 5.67. The van der Waals surface area contributed by atoms with Gasteiger partial charge < -0.3 is 18.9 Å². The number of aryl methyl sites for hydroxylation is 1. The Bertz CT molecular complexity index is 1080. The molecule has 0 N–H and O–H groups in total. The minimum atomic E-state index is 0.301. The third kappa shape index (κ3) is 5.96. The van der Waals surface area contributed by atoms with Crippen molar-refractivity contribution in [1.29, 1.82) is 0 Å². The molecule has 2 aliphatic rings. The van der Waals surface area contributed by atoms with E-state index in [1.807, 2.05) is 6.92 Å². The first kappa shape index (κ1) is 23.7. The molecule has 3 aromatic rings.